The lowest BCUT2D eigenvalue weighted by molar-refractivity contribution is -0.386. The first kappa shape index (κ1) is 17.1. The van der Waals surface area contributed by atoms with Crippen molar-refractivity contribution >= 4 is 38.4 Å². The Morgan fingerprint density at radius 1 is 1.24 bits per heavy atom. The van der Waals surface area contributed by atoms with Gasteiger partial charge in [-0.2, -0.15) is 5.10 Å². The Hall–Kier alpha value is -2.74. The average molecular weight is 404 g/mol. The molecule has 0 aliphatic rings. The fraction of sp³-hybridized carbons (Fsp3) is 0.176. The summed E-state index contributed by atoms with van der Waals surface area (Å²) in [4.78, 5) is 22.7. The fourth-order valence-electron chi connectivity index (χ4n) is 2.65. The average Bonchev–Trinajstić information content (AvgIpc) is 2.81. The van der Waals surface area contributed by atoms with E-state index in [0.29, 0.717) is 11.4 Å². The molecule has 1 aromatic heterocycles. The summed E-state index contributed by atoms with van der Waals surface area (Å²) in [5, 5.41) is 17.0. The van der Waals surface area contributed by atoms with Crippen LogP contribution in [0.4, 0.5) is 5.69 Å². The molecule has 0 amide bonds. The Morgan fingerprint density at radius 2 is 1.92 bits per heavy atom. The summed E-state index contributed by atoms with van der Waals surface area (Å²) in [6, 6.07) is 11.1. The lowest BCUT2D eigenvalue weighted by atomic mass is 10.1. The number of aryl methyl sites for hydroxylation is 1. The van der Waals surface area contributed by atoms with Crippen molar-refractivity contribution in [1.29, 1.82) is 0 Å². The molecule has 0 saturated heterocycles. The Balaban J connectivity index is 1.78. The molecule has 0 aliphatic heterocycles. The van der Waals surface area contributed by atoms with Crippen molar-refractivity contribution in [2.24, 2.45) is 0 Å². The Morgan fingerprint density at radius 3 is 2.60 bits per heavy atom. The number of benzene rings is 2. The minimum atomic E-state index is -0.544. The van der Waals surface area contributed by atoms with Gasteiger partial charge in [-0.3, -0.25) is 14.8 Å². The van der Waals surface area contributed by atoms with Crippen molar-refractivity contribution in [1.82, 2.24) is 9.78 Å². The van der Waals surface area contributed by atoms with Gasteiger partial charge >= 0.3 is 11.7 Å². The Kier molecular flexibility index (Phi) is 4.54. The third-order valence-corrected chi connectivity index (χ3v) is 4.30. The van der Waals surface area contributed by atoms with E-state index < -0.39 is 10.9 Å². The lowest BCUT2D eigenvalue weighted by Gasteiger charge is -2.07. The minimum Gasteiger partial charge on any atom is -0.425 e. The van der Waals surface area contributed by atoms with E-state index in [9.17, 15) is 14.9 Å². The molecule has 0 radical (unpaired) electrons. The topological polar surface area (TPSA) is 87.3 Å². The molecule has 8 heteroatoms. The summed E-state index contributed by atoms with van der Waals surface area (Å²) in [5.41, 5.74) is 0.512. The van der Waals surface area contributed by atoms with Crippen molar-refractivity contribution in [3.8, 4) is 5.75 Å². The van der Waals surface area contributed by atoms with E-state index in [2.05, 4.69) is 21.0 Å². The van der Waals surface area contributed by atoms with Gasteiger partial charge < -0.3 is 4.74 Å². The number of carbonyl (C=O) groups is 1. The number of hydrogen-bond acceptors (Lipinski definition) is 5. The molecule has 25 heavy (non-hydrogen) atoms. The molecule has 0 unspecified atom stereocenters. The van der Waals surface area contributed by atoms with E-state index in [0.717, 1.165) is 15.2 Å². The van der Waals surface area contributed by atoms with E-state index in [1.807, 2.05) is 24.3 Å². The first-order chi connectivity index (χ1) is 11.8. The second-order valence-electron chi connectivity index (χ2n) is 5.56. The minimum absolute atomic E-state index is 0.0796. The highest BCUT2D eigenvalue weighted by Crippen LogP contribution is 2.25. The Labute approximate surface area is 151 Å². The molecule has 0 bridgehead atoms. The second kappa shape index (κ2) is 6.64. The van der Waals surface area contributed by atoms with Gasteiger partial charge in [0, 0.05) is 4.47 Å². The molecule has 0 saturated carbocycles. The van der Waals surface area contributed by atoms with Crippen LogP contribution < -0.4 is 4.74 Å². The van der Waals surface area contributed by atoms with E-state index in [4.69, 9.17) is 4.74 Å². The molecule has 0 aliphatic carbocycles. The van der Waals surface area contributed by atoms with Crippen molar-refractivity contribution < 1.29 is 14.5 Å². The maximum atomic E-state index is 12.2. The number of aromatic nitrogens is 2. The van der Waals surface area contributed by atoms with Crippen LogP contribution in [-0.2, 0) is 11.3 Å². The van der Waals surface area contributed by atoms with Gasteiger partial charge in [0.05, 0.1) is 4.92 Å². The van der Waals surface area contributed by atoms with Crippen molar-refractivity contribution in [3.05, 3.63) is 62.4 Å². The number of hydrogen-bond donors (Lipinski definition) is 0. The van der Waals surface area contributed by atoms with Gasteiger partial charge in [-0.05, 0) is 48.9 Å². The normalized spacial score (nSPS) is 10.8. The van der Waals surface area contributed by atoms with Gasteiger partial charge in [0.2, 0.25) is 0 Å². The number of fused-ring (bicyclic) bond motifs is 1. The van der Waals surface area contributed by atoms with Crippen LogP contribution in [0.3, 0.4) is 0 Å². The van der Waals surface area contributed by atoms with Gasteiger partial charge in [0.25, 0.3) is 0 Å². The van der Waals surface area contributed by atoms with Gasteiger partial charge in [0.15, 0.2) is 0 Å². The predicted molar refractivity (Wildman–Crippen MR) is 95.6 cm³/mol. The van der Waals surface area contributed by atoms with E-state index >= 15 is 0 Å². The molecule has 7 nitrogen and oxygen atoms in total. The lowest BCUT2D eigenvalue weighted by Crippen LogP contribution is -2.18. The van der Waals surface area contributed by atoms with E-state index in [1.54, 1.807) is 19.1 Å². The fourth-order valence-corrected chi connectivity index (χ4v) is 3.03. The van der Waals surface area contributed by atoms with Crippen LogP contribution in [0.5, 0.6) is 5.75 Å². The van der Waals surface area contributed by atoms with Crippen LogP contribution in [0.15, 0.2) is 40.9 Å². The van der Waals surface area contributed by atoms with Crippen molar-refractivity contribution in [2.45, 2.75) is 20.4 Å². The van der Waals surface area contributed by atoms with E-state index in [1.165, 1.54) is 11.6 Å². The van der Waals surface area contributed by atoms with Gasteiger partial charge in [0.1, 0.15) is 23.7 Å². The third kappa shape index (κ3) is 3.53. The largest absolute Gasteiger partial charge is 0.425 e. The first-order valence-electron chi connectivity index (χ1n) is 7.43. The van der Waals surface area contributed by atoms with Crippen LogP contribution >= 0.6 is 15.9 Å². The molecule has 2 aromatic carbocycles. The van der Waals surface area contributed by atoms with Crippen LogP contribution in [0.25, 0.3) is 10.8 Å². The first-order valence-corrected chi connectivity index (χ1v) is 8.23. The number of nitro groups is 1. The number of rotatable bonds is 4. The van der Waals surface area contributed by atoms with Gasteiger partial charge in [-0.25, -0.2) is 4.79 Å². The standard InChI is InChI=1S/C17H14BrN3O4/c1-10-17(21(23)24)11(2)20(19-10)9-16(22)25-15-6-4-12-7-14(18)5-3-13(12)8-15/h3-8H,9H2,1-2H3. The number of esters is 1. The Bertz CT molecular complexity index is 997. The highest BCUT2D eigenvalue weighted by molar-refractivity contribution is 9.10. The third-order valence-electron chi connectivity index (χ3n) is 3.81. The molecule has 1 heterocycles. The molecular formula is C17H14BrN3O4. The number of nitrogens with zero attached hydrogens (tertiary/aromatic N) is 3. The molecule has 0 fully saturated rings. The summed E-state index contributed by atoms with van der Waals surface area (Å²) in [7, 11) is 0. The quantitative estimate of drug-likeness (QED) is 0.285. The van der Waals surface area contributed by atoms with Crippen LogP contribution in [0.1, 0.15) is 11.4 Å². The number of carbonyl (C=O) groups excluding carboxylic acids is 1. The van der Waals surface area contributed by atoms with Crippen molar-refractivity contribution in [2.75, 3.05) is 0 Å². The molecule has 3 aromatic rings. The number of halogens is 1. The molecule has 0 spiro atoms. The molecule has 128 valence electrons. The van der Waals surface area contributed by atoms with Crippen LogP contribution in [-0.4, -0.2) is 20.7 Å². The zero-order valence-corrected chi connectivity index (χ0v) is 15.1. The van der Waals surface area contributed by atoms with Crippen molar-refractivity contribution in [3.63, 3.8) is 0 Å². The zero-order valence-electron chi connectivity index (χ0n) is 13.5. The molecule has 3 rings (SSSR count). The van der Waals surface area contributed by atoms with E-state index in [-0.39, 0.29) is 17.9 Å². The predicted octanol–water partition coefficient (Wildman–Crippen LogP) is 3.93. The monoisotopic (exact) mass is 403 g/mol. The molecular weight excluding hydrogens is 390 g/mol. The SMILES string of the molecule is Cc1nn(CC(=O)Oc2ccc3cc(Br)ccc3c2)c(C)c1[N+](=O)[O-]. The van der Waals surface area contributed by atoms with Crippen LogP contribution in [0, 0.1) is 24.0 Å². The highest BCUT2D eigenvalue weighted by atomic mass is 79.9. The van der Waals surface area contributed by atoms with Crippen LogP contribution in [0.2, 0.25) is 0 Å². The molecule has 0 atom stereocenters. The molecule has 0 N–H and O–H groups in total. The number of ether oxygens (including phenoxy) is 1. The highest BCUT2D eigenvalue weighted by Gasteiger charge is 2.23. The smallest absolute Gasteiger partial charge is 0.333 e. The maximum absolute atomic E-state index is 12.2. The summed E-state index contributed by atoms with van der Waals surface area (Å²) < 4.78 is 7.59. The summed E-state index contributed by atoms with van der Waals surface area (Å²) in [6.45, 7) is 2.90. The summed E-state index contributed by atoms with van der Waals surface area (Å²) in [6.07, 6.45) is 0. The maximum Gasteiger partial charge on any atom is 0.333 e. The van der Waals surface area contributed by atoms with Gasteiger partial charge in [-0.15, -0.1) is 0 Å². The summed E-state index contributed by atoms with van der Waals surface area (Å²) in [5.74, 6) is -0.132. The second-order valence-corrected chi connectivity index (χ2v) is 6.48. The summed E-state index contributed by atoms with van der Waals surface area (Å²) >= 11 is 3.41. The zero-order chi connectivity index (χ0) is 18.1. The van der Waals surface area contributed by atoms with Gasteiger partial charge in [-0.1, -0.05) is 28.1 Å².